The largest absolute Gasteiger partial charge is 0.351 e. The zero-order chi connectivity index (χ0) is 14.0. The summed E-state index contributed by atoms with van der Waals surface area (Å²) in [7, 11) is 1.93. The monoisotopic (exact) mass is 264 g/mol. The lowest BCUT2D eigenvalue weighted by molar-refractivity contribution is -0.130. The highest BCUT2D eigenvalue weighted by Gasteiger charge is 2.39. The lowest BCUT2D eigenvalue weighted by atomic mass is 9.83. The second kappa shape index (κ2) is 5.33. The van der Waals surface area contributed by atoms with Crippen molar-refractivity contribution in [2.24, 2.45) is 12.5 Å². The Balaban J connectivity index is 2.04. The van der Waals surface area contributed by atoms with E-state index in [1.54, 1.807) is 0 Å². The number of nitrogens with zero attached hydrogens (tertiary/aromatic N) is 2. The summed E-state index contributed by atoms with van der Waals surface area (Å²) in [5, 5.41) is 10.8. The molecule has 2 N–H and O–H groups in total. The Labute approximate surface area is 114 Å². The van der Waals surface area contributed by atoms with Crippen LogP contribution in [0.1, 0.15) is 36.7 Å². The lowest BCUT2D eigenvalue weighted by Crippen LogP contribution is -2.41. The number of hydrogen-bond donors (Lipinski definition) is 2. The summed E-state index contributed by atoms with van der Waals surface area (Å²) < 4.78 is 1.86. The first-order chi connectivity index (χ1) is 9.00. The van der Waals surface area contributed by atoms with Crippen LogP contribution < -0.4 is 10.6 Å². The minimum absolute atomic E-state index is 0.169. The molecule has 5 nitrogen and oxygen atoms in total. The molecular weight excluding hydrogens is 240 g/mol. The standard InChI is InChI=1S/C14H24N4O/c1-5-14(6-7-15-9-14)13(19)16-8-12-10(2)17-18(4)11(12)3/h15H,5-9H2,1-4H3,(H,16,19). The summed E-state index contributed by atoms with van der Waals surface area (Å²) in [4.78, 5) is 12.4. The predicted octanol–water partition coefficient (Wildman–Crippen LogP) is 1.04. The van der Waals surface area contributed by atoms with E-state index in [4.69, 9.17) is 0 Å². The van der Waals surface area contributed by atoms with Crippen molar-refractivity contribution in [2.45, 2.75) is 40.2 Å². The molecule has 1 aromatic rings. The molecule has 2 rings (SSSR count). The van der Waals surface area contributed by atoms with Gasteiger partial charge in [0.25, 0.3) is 0 Å². The molecule has 1 saturated heterocycles. The Morgan fingerprint density at radius 2 is 2.26 bits per heavy atom. The first-order valence-corrected chi connectivity index (χ1v) is 6.98. The first kappa shape index (κ1) is 14.1. The SMILES string of the molecule is CCC1(C(=O)NCc2c(C)nn(C)c2C)CCNC1. The number of hydrogen-bond acceptors (Lipinski definition) is 3. The third kappa shape index (κ3) is 2.52. The van der Waals surface area contributed by atoms with Crippen molar-refractivity contribution in [1.82, 2.24) is 20.4 Å². The van der Waals surface area contributed by atoms with E-state index < -0.39 is 0 Å². The molecule has 0 spiro atoms. The van der Waals surface area contributed by atoms with Crippen LogP contribution in [-0.4, -0.2) is 28.8 Å². The molecule has 0 aliphatic carbocycles. The molecular formula is C14H24N4O. The first-order valence-electron chi connectivity index (χ1n) is 6.98. The minimum Gasteiger partial charge on any atom is -0.351 e. The van der Waals surface area contributed by atoms with Gasteiger partial charge in [-0.3, -0.25) is 9.48 Å². The van der Waals surface area contributed by atoms with Crippen LogP contribution in [0.2, 0.25) is 0 Å². The molecule has 1 unspecified atom stereocenters. The van der Waals surface area contributed by atoms with Crippen molar-refractivity contribution in [1.29, 1.82) is 0 Å². The van der Waals surface area contributed by atoms with Gasteiger partial charge in [-0.15, -0.1) is 0 Å². The molecule has 1 aromatic heterocycles. The predicted molar refractivity (Wildman–Crippen MR) is 74.7 cm³/mol. The third-order valence-corrected chi connectivity index (χ3v) is 4.49. The Hall–Kier alpha value is -1.36. The maximum absolute atomic E-state index is 12.4. The number of carbonyl (C=O) groups excluding carboxylic acids is 1. The van der Waals surface area contributed by atoms with Crippen molar-refractivity contribution in [3.05, 3.63) is 17.0 Å². The van der Waals surface area contributed by atoms with Gasteiger partial charge in [-0.05, 0) is 33.2 Å². The number of rotatable bonds is 4. The maximum Gasteiger partial charge on any atom is 0.227 e. The van der Waals surface area contributed by atoms with Crippen LogP contribution in [-0.2, 0) is 18.4 Å². The molecule has 5 heteroatoms. The van der Waals surface area contributed by atoms with E-state index in [0.29, 0.717) is 6.54 Å². The summed E-state index contributed by atoms with van der Waals surface area (Å²) in [5.74, 6) is 0.169. The van der Waals surface area contributed by atoms with E-state index in [1.807, 2.05) is 25.6 Å². The summed E-state index contributed by atoms with van der Waals surface area (Å²) in [5.41, 5.74) is 3.03. The van der Waals surface area contributed by atoms with E-state index in [1.165, 1.54) is 0 Å². The van der Waals surface area contributed by atoms with E-state index in [2.05, 4.69) is 22.7 Å². The van der Waals surface area contributed by atoms with Crippen LogP contribution in [0, 0.1) is 19.3 Å². The molecule has 1 amide bonds. The van der Waals surface area contributed by atoms with E-state index >= 15 is 0 Å². The maximum atomic E-state index is 12.4. The number of aryl methyl sites for hydroxylation is 2. The average molecular weight is 264 g/mol. The Morgan fingerprint density at radius 3 is 2.74 bits per heavy atom. The zero-order valence-electron chi connectivity index (χ0n) is 12.3. The van der Waals surface area contributed by atoms with Crippen LogP contribution in [0.25, 0.3) is 0 Å². The third-order valence-electron chi connectivity index (χ3n) is 4.49. The van der Waals surface area contributed by atoms with Gasteiger partial charge in [0.15, 0.2) is 0 Å². The number of aromatic nitrogens is 2. The normalized spacial score (nSPS) is 22.7. The molecule has 1 aliphatic heterocycles. The molecule has 1 aliphatic rings. The highest BCUT2D eigenvalue weighted by molar-refractivity contribution is 5.83. The molecule has 2 heterocycles. The second-order valence-corrected chi connectivity index (χ2v) is 5.52. The van der Waals surface area contributed by atoms with Gasteiger partial charge in [-0.1, -0.05) is 6.92 Å². The van der Waals surface area contributed by atoms with Gasteiger partial charge in [0.05, 0.1) is 11.1 Å². The van der Waals surface area contributed by atoms with Crippen LogP contribution in [0.3, 0.4) is 0 Å². The lowest BCUT2D eigenvalue weighted by Gasteiger charge is -2.25. The van der Waals surface area contributed by atoms with Crippen LogP contribution in [0.5, 0.6) is 0 Å². The molecule has 0 aromatic carbocycles. The summed E-state index contributed by atoms with van der Waals surface area (Å²) in [6.45, 7) is 8.42. The van der Waals surface area contributed by atoms with Crippen molar-refractivity contribution in [3.63, 3.8) is 0 Å². The molecule has 0 radical (unpaired) electrons. The number of nitrogens with one attached hydrogen (secondary N) is 2. The molecule has 0 saturated carbocycles. The molecule has 106 valence electrons. The van der Waals surface area contributed by atoms with Crippen molar-refractivity contribution in [2.75, 3.05) is 13.1 Å². The van der Waals surface area contributed by atoms with E-state index in [9.17, 15) is 4.79 Å². The summed E-state index contributed by atoms with van der Waals surface area (Å²) in [6, 6.07) is 0. The van der Waals surface area contributed by atoms with Crippen LogP contribution >= 0.6 is 0 Å². The molecule has 1 fully saturated rings. The van der Waals surface area contributed by atoms with Crippen LogP contribution in [0.4, 0.5) is 0 Å². The Bertz CT molecular complexity index is 472. The van der Waals surface area contributed by atoms with Gasteiger partial charge in [-0.25, -0.2) is 0 Å². The van der Waals surface area contributed by atoms with Gasteiger partial charge < -0.3 is 10.6 Å². The smallest absolute Gasteiger partial charge is 0.227 e. The van der Waals surface area contributed by atoms with Gasteiger partial charge >= 0.3 is 0 Å². The fraction of sp³-hybridized carbons (Fsp3) is 0.714. The fourth-order valence-corrected chi connectivity index (χ4v) is 2.83. The van der Waals surface area contributed by atoms with Crippen LogP contribution in [0.15, 0.2) is 0 Å². The summed E-state index contributed by atoms with van der Waals surface area (Å²) in [6.07, 6.45) is 1.82. The minimum atomic E-state index is -0.218. The molecule has 19 heavy (non-hydrogen) atoms. The van der Waals surface area contributed by atoms with Gasteiger partial charge in [0.1, 0.15) is 0 Å². The van der Waals surface area contributed by atoms with Gasteiger partial charge in [-0.2, -0.15) is 5.10 Å². The summed E-state index contributed by atoms with van der Waals surface area (Å²) >= 11 is 0. The topological polar surface area (TPSA) is 59.0 Å². The average Bonchev–Trinajstić information content (AvgIpc) is 2.95. The number of carbonyl (C=O) groups is 1. The Kier molecular flexibility index (Phi) is 3.94. The molecule has 1 atom stereocenters. The Morgan fingerprint density at radius 1 is 1.53 bits per heavy atom. The van der Waals surface area contributed by atoms with Crippen molar-refractivity contribution in [3.8, 4) is 0 Å². The second-order valence-electron chi connectivity index (χ2n) is 5.52. The quantitative estimate of drug-likeness (QED) is 0.854. The highest BCUT2D eigenvalue weighted by Crippen LogP contribution is 2.29. The van der Waals surface area contributed by atoms with Crippen molar-refractivity contribution < 1.29 is 4.79 Å². The zero-order valence-corrected chi connectivity index (χ0v) is 12.3. The highest BCUT2D eigenvalue weighted by atomic mass is 16.2. The number of amides is 1. The molecule has 0 bridgehead atoms. The van der Waals surface area contributed by atoms with E-state index in [-0.39, 0.29) is 11.3 Å². The van der Waals surface area contributed by atoms with Crippen molar-refractivity contribution >= 4 is 5.91 Å². The van der Waals surface area contributed by atoms with E-state index in [0.717, 1.165) is 42.9 Å². The van der Waals surface area contributed by atoms with Gasteiger partial charge in [0.2, 0.25) is 5.91 Å². The van der Waals surface area contributed by atoms with Gasteiger partial charge in [0, 0.05) is 31.4 Å². The fourth-order valence-electron chi connectivity index (χ4n) is 2.83.